The Hall–Kier alpha value is -1.26. The molecule has 0 amide bonds. The van der Waals surface area contributed by atoms with E-state index in [1.165, 1.54) is 6.20 Å². The van der Waals surface area contributed by atoms with E-state index in [1.807, 2.05) is 13.8 Å². The lowest BCUT2D eigenvalue weighted by Crippen LogP contribution is -2.03. The first-order valence-corrected chi connectivity index (χ1v) is 5.39. The summed E-state index contributed by atoms with van der Waals surface area (Å²) < 4.78 is 1.61. The number of halogens is 2. The molecule has 0 saturated heterocycles. The second-order valence-corrected chi connectivity index (χ2v) is 4.30. The zero-order valence-electron chi connectivity index (χ0n) is 8.83. The molecule has 0 saturated carbocycles. The van der Waals surface area contributed by atoms with Crippen molar-refractivity contribution < 1.29 is 0 Å². The number of hydrogen-bond acceptors (Lipinski definition) is 3. The van der Waals surface area contributed by atoms with Crippen LogP contribution >= 0.6 is 23.2 Å². The van der Waals surface area contributed by atoms with Crippen LogP contribution < -0.4 is 5.73 Å². The van der Waals surface area contributed by atoms with Crippen molar-refractivity contribution in [3.63, 3.8) is 0 Å². The Labute approximate surface area is 103 Å². The minimum Gasteiger partial charge on any atom is -0.396 e. The standard InChI is InChI=1S/C10H10Cl2N4/c1-5-9(13)6(2)16(15-5)10-8(12)3-7(11)4-14-10/h3-4H,13H2,1-2H3. The first-order chi connectivity index (χ1) is 7.50. The minimum atomic E-state index is 0.443. The van der Waals surface area contributed by atoms with Crippen molar-refractivity contribution in [2.75, 3.05) is 5.73 Å². The Bertz CT molecular complexity index is 548. The van der Waals surface area contributed by atoms with Gasteiger partial charge in [0.05, 0.1) is 27.1 Å². The first-order valence-electron chi connectivity index (χ1n) is 4.64. The highest BCUT2D eigenvalue weighted by Gasteiger charge is 2.13. The zero-order chi connectivity index (χ0) is 11.9. The van der Waals surface area contributed by atoms with Crippen LogP contribution in [0.4, 0.5) is 5.69 Å². The van der Waals surface area contributed by atoms with Crippen LogP contribution in [0.15, 0.2) is 12.3 Å². The van der Waals surface area contributed by atoms with Crippen LogP contribution in [0.25, 0.3) is 5.82 Å². The third-order valence-electron chi connectivity index (χ3n) is 2.34. The Kier molecular flexibility index (Phi) is 2.78. The third-order valence-corrected chi connectivity index (χ3v) is 2.82. The van der Waals surface area contributed by atoms with Gasteiger partial charge in [0.25, 0.3) is 0 Å². The van der Waals surface area contributed by atoms with Crippen molar-refractivity contribution in [3.8, 4) is 5.82 Å². The van der Waals surface area contributed by atoms with Crippen molar-refractivity contribution in [2.45, 2.75) is 13.8 Å². The number of aromatic nitrogens is 3. The molecule has 16 heavy (non-hydrogen) atoms. The number of nitrogen functional groups attached to an aromatic ring is 1. The SMILES string of the molecule is Cc1nn(-c2ncc(Cl)cc2Cl)c(C)c1N. The molecule has 0 aliphatic rings. The van der Waals surface area contributed by atoms with Crippen LogP contribution in [0.2, 0.25) is 10.0 Å². The van der Waals surface area contributed by atoms with Crippen LogP contribution in [-0.4, -0.2) is 14.8 Å². The molecule has 2 aromatic heterocycles. The van der Waals surface area contributed by atoms with E-state index in [1.54, 1.807) is 10.7 Å². The van der Waals surface area contributed by atoms with Crippen LogP contribution in [0, 0.1) is 13.8 Å². The summed E-state index contributed by atoms with van der Waals surface area (Å²) >= 11 is 11.8. The molecule has 0 unspecified atom stereocenters. The van der Waals surface area contributed by atoms with Gasteiger partial charge in [-0.15, -0.1) is 0 Å². The molecule has 0 radical (unpaired) electrons. The summed E-state index contributed by atoms with van der Waals surface area (Å²) in [5.41, 5.74) is 8.05. The number of pyridine rings is 1. The zero-order valence-corrected chi connectivity index (χ0v) is 10.3. The highest BCUT2D eigenvalue weighted by atomic mass is 35.5. The van der Waals surface area contributed by atoms with Crippen LogP contribution in [0.3, 0.4) is 0 Å². The number of anilines is 1. The highest BCUT2D eigenvalue weighted by molar-refractivity contribution is 6.35. The number of nitrogens with zero attached hydrogens (tertiary/aromatic N) is 3. The van der Waals surface area contributed by atoms with Gasteiger partial charge in [-0.2, -0.15) is 5.10 Å². The molecule has 84 valence electrons. The number of aryl methyl sites for hydroxylation is 1. The van der Waals surface area contributed by atoms with Gasteiger partial charge in [0, 0.05) is 6.20 Å². The van der Waals surface area contributed by atoms with Gasteiger partial charge in [0.1, 0.15) is 0 Å². The molecule has 0 atom stereocenters. The summed E-state index contributed by atoms with van der Waals surface area (Å²) in [5.74, 6) is 0.531. The molecule has 2 aromatic rings. The van der Waals surface area contributed by atoms with Gasteiger partial charge >= 0.3 is 0 Å². The van der Waals surface area contributed by atoms with Gasteiger partial charge < -0.3 is 5.73 Å². The molecule has 4 nitrogen and oxygen atoms in total. The lowest BCUT2D eigenvalue weighted by atomic mass is 10.3. The van der Waals surface area contributed by atoms with E-state index < -0.39 is 0 Å². The third kappa shape index (κ3) is 1.74. The van der Waals surface area contributed by atoms with Gasteiger partial charge in [0.15, 0.2) is 5.82 Å². The van der Waals surface area contributed by atoms with E-state index >= 15 is 0 Å². The Morgan fingerprint density at radius 2 is 2.00 bits per heavy atom. The maximum atomic E-state index is 6.05. The highest BCUT2D eigenvalue weighted by Crippen LogP contribution is 2.25. The molecule has 0 bridgehead atoms. The summed E-state index contributed by atoms with van der Waals surface area (Å²) in [4.78, 5) is 4.14. The lowest BCUT2D eigenvalue weighted by Gasteiger charge is -2.05. The molecule has 2 rings (SSSR count). The van der Waals surface area contributed by atoms with E-state index in [0.29, 0.717) is 21.6 Å². The average Bonchev–Trinajstić information content (AvgIpc) is 2.46. The molecule has 0 aliphatic heterocycles. The van der Waals surface area contributed by atoms with Crippen molar-refractivity contribution >= 4 is 28.9 Å². The molecule has 6 heteroatoms. The number of hydrogen-bond donors (Lipinski definition) is 1. The summed E-state index contributed by atoms with van der Waals surface area (Å²) in [6.45, 7) is 3.70. The lowest BCUT2D eigenvalue weighted by molar-refractivity contribution is 0.806. The first kappa shape index (κ1) is 11.2. The number of nitrogens with two attached hydrogens (primary N) is 1. The van der Waals surface area contributed by atoms with E-state index in [9.17, 15) is 0 Å². The summed E-state index contributed by atoms with van der Waals surface area (Å²) in [7, 11) is 0. The molecule has 2 N–H and O–H groups in total. The van der Waals surface area contributed by atoms with E-state index in [4.69, 9.17) is 28.9 Å². The Morgan fingerprint density at radius 1 is 1.31 bits per heavy atom. The Morgan fingerprint density at radius 3 is 2.50 bits per heavy atom. The minimum absolute atomic E-state index is 0.443. The van der Waals surface area contributed by atoms with Crippen molar-refractivity contribution in [1.82, 2.24) is 14.8 Å². The summed E-state index contributed by atoms with van der Waals surface area (Å²) in [6, 6.07) is 1.62. The second kappa shape index (κ2) is 3.96. The second-order valence-electron chi connectivity index (χ2n) is 3.46. The maximum Gasteiger partial charge on any atom is 0.172 e. The van der Waals surface area contributed by atoms with Crippen molar-refractivity contribution in [3.05, 3.63) is 33.7 Å². The van der Waals surface area contributed by atoms with Crippen molar-refractivity contribution in [1.29, 1.82) is 0 Å². The van der Waals surface area contributed by atoms with E-state index in [2.05, 4.69) is 10.1 Å². The largest absolute Gasteiger partial charge is 0.396 e. The maximum absolute atomic E-state index is 6.05. The summed E-state index contributed by atoms with van der Waals surface area (Å²) in [6.07, 6.45) is 1.52. The fourth-order valence-corrected chi connectivity index (χ4v) is 1.88. The molecular formula is C10H10Cl2N4. The van der Waals surface area contributed by atoms with Gasteiger partial charge in [0.2, 0.25) is 0 Å². The molecule has 0 fully saturated rings. The molecular weight excluding hydrogens is 247 g/mol. The van der Waals surface area contributed by atoms with Gasteiger partial charge in [-0.25, -0.2) is 9.67 Å². The van der Waals surface area contributed by atoms with Gasteiger partial charge in [-0.1, -0.05) is 23.2 Å². The topological polar surface area (TPSA) is 56.7 Å². The Balaban J connectivity index is 2.63. The molecule has 0 spiro atoms. The predicted molar refractivity (Wildman–Crippen MR) is 65.3 cm³/mol. The number of rotatable bonds is 1. The molecule has 2 heterocycles. The van der Waals surface area contributed by atoms with Crippen LogP contribution in [0.5, 0.6) is 0 Å². The van der Waals surface area contributed by atoms with E-state index in [0.717, 1.165) is 11.4 Å². The predicted octanol–water partition coefficient (Wildman–Crippen LogP) is 2.77. The monoisotopic (exact) mass is 256 g/mol. The normalized spacial score (nSPS) is 10.8. The fraction of sp³-hybridized carbons (Fsp3) is 0.200. The van der Waals surface area contributed by atoms with Crippen LogP contribution in [0.1, 0.15) is 11.4 Å². The van der Waals surface area contributed by atoms with Crippen molar-refractivity contribution in [2.24, 2.45) is 0 Å². The average molecular weight is 257 g/mol. The van der Waals surface area contributed by atoms with Gasteiger partial charge in [-0.05, 0) is 19.9 Å². The quantitative estimate of drug-likeness (QED) is 0.854. The van der Waals surface area contributed by atoms with E-state index in [-0.39, 0.29) is 0 Å². The smallest absolute Gasteiger partial charge is 0.172 e. The summed E-state index contributed by atoms with van der Waals surface area (Å²) in [5, 5.41) is 5.20. The van der Waals surface area contributed by atoms with Gasteiger partial charge in [-0.3, -0.25) is 0 Å². The van der Waals surface area contributed by atoms with Crippen LogP contribution in [-0.2, 0) is 0 Å². The fourth-order valence-electron chi connectivity index (χ4n) is 1.42. The molecule has 0 aliphatic carbocycles. The molecule has 0 aromatic carbocycles.